The Morgan fingerprint density at radius 1 is 1.90 bits per heavy atom. The molecule has 0 fully saturated rings. The summed E-state index contributed by atoms with van der Waals surface area (Å²) in [5.41, 5.74) is 5.28. The third-order valence-corrected chi connectivity index (χ3v) is 1.92. The molecule has 0 radical (unpaired) electrons. The molecule has 1 aromatic rings. The molecular weight excluding hydrogens is 150 g/mol. The number of aromatic nitrogens is 1. The first-order chi connectivity index (χ1) is 4.74. The molecule has 1 rings (SSSR count). The molecule has 1 aromatic heterocycles. The van der Waals surface area contributed by atoms with Crippen molar-refractivity contribution < 1.29 is 5.21 Å². The maximum atomic E-state index is 8.24. The number of amidine groups is 1. The Kier molecular flexibility index (Phi) is 1.86. The summed E-state index contributed by atoms with van der Waals surface area (Å²) in [4.78, 5) is 4.63. The third kappa shape index (κ3) is 1.24. The predicted molar refractivity (Wildman–Crippen MR) is 39.4 cm³/mol. The first kappa shape index (κ1) is 7.01. The summed E-state index contributed by atoms with van der Waals surface area (Å²) < 4.78 is 0. The van der Waals surface area contributed by atoms with E-state index in [4.69, 9.17) is 10.9 Å². The molecule has 0 saturated carbocycles. The Morgan fingerprint density at radius 3 is 3.00 bits per heavy atom. The van der Waals surface area contributed by atoms with Crippen LogP contribution in [-0.4, -0.2) is 16.0 Å². The molecule has 54 valence electrons. The molecule has 0 amide bonds. The van der Waals surface area contributed by atoms with Crippen LogP contribution < -0.4 is 5.73 Å². The number of rotatable bonds is 1. The van der Waals surface area contributed by atoms with Gasteiger partial charge in [0.2, 0.25) is 0 Å². The zero-order valence-corrected chi connectivity index (χ0v) is 6.22. The molecule has 5 heteroatoms. The van der Waals surface area contributed by atoms with E-state index in [1.54, 1.807) is 6.20 Å². The Balaban J connectivity index is 2.95. The van der Waals surface area contributed by atoms with Crippen molar-refractivity contribution in [3.05, 3.63) is 16.1 Å². The topological polar surface area (TPSA) is 71.5 Å². The number of aryl methyl sites for hydroxylation is 1. The fraction of sp³-hybridized carbons (Fsp3) is 0.200. The Labute approximate surface area is 62.0 Å². The van der Waals surface area contributed by atoms with Gasteiger partial charge in [-0.2, -0.15) is 0 Å². The van der Waals surface area contributed by atoms with Gasteiger partial charge in [-0.25, -0.2) is 4.98 Å². The highest BCUT2D eigenvalue weighted by atomic mass is 32.1. The highest BCUT2D eigenvalue weighted by molar-refractivity contribution is 7.13. The van der Waals surface area contributed by atoms with Gasteiger partial charge in [-0.1, -0.05) is 5.16 Å². The highest BCUT2D eigenvalue weighted by Gasteiger charge is 2.01. The van der Waals surface area contributed by atoms with E-state index in [1.165, 1.54) is 11.3 Å². The standard InChI is InChI=1S/C5H7N3OS/c1-3-7-2-4(10-3)5(6)8-9/h2,9H,1H3,(H2,6,8). The first-order valence-corrected chi connectivity index (χ1v) is 3.46. The average molecular weight is 157 g/mol. The van der Waals surface area contributed by atoms with Crippen molar-refractivity contribution in [2.45, 2.75) is 6.92 Å². The molecule has 1 heterocycles. The molecular formula is C5H7N3OS. The van der Waals surface area contributed by atoms with Gasteiger partial charge < -0.3 is 10.9 Å². The second-order valence-electron chi connectivity index (χ2n) is 1.73. The molecule has 0 aliphatic rings. The van der Waals surface area contributed by atoms with Crippen molar-refractivity contribution in [3.63, 3.8) is 0 Å². The van der Waals surface area contributed by atoms with Crippen LogP contribution in [0.2, 0.25) is 0 Å². The number of nitrogens with two attached hydrogens (primary N) is 1. The minimum absolute atomic E-state index is 0.116. The fourth-order valence-corrected chi connectivity index (χ4v) is 1.20. The van der Waals surface area contributed by atoms with E-state index >= 15 is 0 Å². The second-order valence-corrected chi connectivity index (χ2v) is 2.96. The van der Waals surface area contributed by atoms with Crippen molar-refractivity contribution in [2.75, 3.05) is 0 Å². The van der Waals surface area contributed by atoms with Crippen LogP contribution in [0.3, 0.4) is 0 Å². The summed E-state index contributed by atoms with van der Waals surface area (Å²) >= 11 is 1.39. The first-order valence-electron chi connectivity index (χ1n) is 2.64. The van der Waals surface area contributed by atoms with Gasteiger partial charge >= 0.3 is 0 Å². The number of oxime groups is 1. The molecule has 4 nitrogen and oxygen atoms in total. The molecule has 0 aliphatic carbocycles. The highest BCUT2D eigenvalue weighted by Crippen LogP contribution is 2.10. The Hall–Kier alpha value is -1.10. The zero-order valence-electron chi connectivity index (χ0n) is 5.40. The summed E-state index contributed by atoms with van der Waals surface area (Å²) in [6, 6.07) is 0. The van der Waals surface area contributed by atoms with Crippen molar-refractivity contribution in [1.82, 2.24) is 4.98 Å². The molecule has 10 heavy (non-hydrogen) atoms. The van der Waals surface area contributed by atoms with Gasteiger partial charge in [-0.05, 0) is 6.92 Å². The van der Waals surface area contributed by atoms with Crippen molar-refractivity contribution in [2.24, 2.45) is 10.9 Å². The second kappa shape index (κ2) is 2.66. The molecule has 0 bridgehead atoms. The number of hydrogen-bond acceptors (Lipinski definition) is 4. The summed E-state index contributed by atoms with van der Waals surface area (Å²) in [6.07, 6.45) is 1.58. The van der Waals surface area contributed by atoms with Crippen LogP contribution in [0.15, 0.2) is 11.4 Å². The van der Waals surface area contributed by atoms with Gasteiger partial charge in [0.1, 0.15) is 0 Å². The normalized spacial score (nSPS) is 11.9. The monoisotopic (exact) mass is 157 g/mol. The predicted octanol–water partition coefficient (Wildman–Crippen LogP) is 0.546. The maximum Gasteiger partial charge on any atom is 0.181 e. The molecule has 0 saturated heterocycles. The Bertz CT molecular complexity index is 255. The van der Waals surface area contributed by atoms with Gasteiger partial charge in [0.15, 0.2) is 5.84 Å². The van der Waals surface area contributed by atoms with Gasteiger partial charge in [-0.3, -0.25) is 0 Å². The maximum absolute atomic E-state index is 8.24. The van der Waals surface area contributed by atoms with Crippen LogP contribution in [0.25, 0.3) is 0 Å². The fourth-order valence-electron chi connectivity index (χ4n) is 0.529. The van der Waals surface area contributed by atoms with E-state index in [0.29, 0.717) is 4.88 Å². The minimum Gasteiger partial charge on any atom is -0.409 e. The summed E-state index contributed by atoms with van der Waals surface area (Å²) in [5.74, 6) is 0.116. The van der Waals surface area contributed by atoms with Crippen LogP contribution in [0.1, 0.15) is 9.88 Å². The quantitative estimate of drug-likeness (QED) is 0.270. The van der Waals surface area contributed by atoms with Crippen molar-refractivity contribution in [1.29, 1.82) is 0 Å². The van der Waals surface area contributed by atoms with E-state index in [0.717, 1.165) is 5.01 Å². The average Bonchev–Trinajstić information content (AvgIpc) is 2.34. The molecule has 0 spiro atoms. The lowest BCUT2D eigenvalue weighted by Gasteiger charge is -1.86. The molecule has 0 aliphatic heterocycles. The third-order valence-electron chi connectivity index (χ3n) is 0.981. The molecule has 0 aromatic carbocycles. The van der Waals surface area contributed by atoms with E-state index < -0.39 is 0 Å². The van der Waals surface area contributed by atoms with Gasteiger partial charge in [0.25, 0.3) is 0 Å². The smallest absolute Gasteiger partial charge is 0.181 e. The lowest BCUT2D eigenvalue weighted by molar-refractivity contribution is 0.319. The van der Waals surface area contributed by atoms with Crippen LogP contribution in [0, 0.1) is 6.92 Å². The largest absolute Gasteiger partial charge is 0.409 e. The summed E-state index contributed by atoms with van der Waals surface area (Å²) in [7, 11) is 0. The van der Waals surface area contributed by atoms with Gasteiger partial charge in [0, 0.05) is 6.20 Å². The molecule has 0 unspecified atom stereocenters. The van der Waals surface area contributed by atoms with Gasteiger partial charge in [-0.15, -0.1) is 11.3 Å². The Morgan fingerprint density at radius 2 is 2.60 bits per heavy atom. The number of thiazole rings is 1. The van der Waals surface area contributed by atoms with Crippen LogP contribution in [0.5, 0.6) is 0 Å². The van der Waals surface area contributed by atoms with Crippen molar-refractivity contribution in [3.8, 4) is 0 Å². The van der Waals surface area contributed by atoms with Crippen LogP contribution >= 0.6 is 11.3 Å². The number of hydrogen-bond donors (Lipinski definition) is 2. The minimum atomic E-state index is 0.116. The lowest BCUT2D eigenvalue weighted by Crippen LogP contribution is -2.10. The molecule has 3 N–H and O–H groups in total. The summed E-state index contributed by atoms with van der Waals surface area (Å²) in [6.45, 7) is 1.86. The van der Waals surface area contributed by atoms with E-state index in [-0.39, 0.29) is 5.84 Å². The van der Waals surface area contributed by atoms with Gasteiger partial charge in [0.05, 0.1) is 9.88 Å². The lowest BCUT2D eigenvalue weighted by atomic mass is 10.5. The number of nitrogens with zero attached hydrogens (tertiary/aromatic N) is 2. The van der Waals surface area contributed by atoms with Crippen LogP contribution in [0.4, 0.5) is 0 Å². The summed E-state index contributed by atoms with van der Waals surface area (Å²) in [5, 5.41) is 12.0. The SMILES string of the molecule is Cc1ncc(/C(N)=N/O)s1. The zero-order chi connectivity index (χ0) is 7.56. The van der Waals surface area contributed by atoms with E-state index in [9.17, 15) is 0 Å². The van der Waals surface area contributed by atoms with E-state index in [1.807, 2.05) is 6.92 Å². The van der Waals surface area contributed by atoms with E-state index in [2.05, 4.69) is 10.1 Å². The van der Waals surface area contributed by atoms with Crippen molar-refractivity contribution >= 4 is 17.2 Å². The molecule has 0 atom stereocenters. The van der Waals surface area contributed by atoms with Crippen LogP contribution in [-0.2, 0) is 0 Å².